The van der Waals surface area contributed by atoms with Crippen molar-refractivity contribution in [2.75, 3.05) is 5.32 Å². The fourth-order valence-electron chi connectivity index (χ4n) is 1.88. The number of aromatic nitrogens is 4. The van der Waals surface area contributed by atoms with Crippen LogP contribution in [0.15, 0.2) is 36.1 Å². The van der Waals surface area contributed by atoms with E-state index in [9.17, 15) is 4.79 Å². The molecule has 7 heteroatoms. The minimum absolute atomic E-state index is 0.251. The van der Waals surface area contributed by atoms with Crippen molar-refractivity contribution in [2.45, 2.75) is 6.92 Å². The van der Waals surface area contributed by atoms with Crippen molar-refractivity contribution in [3.05, 3.63) is 47.4 Å². The van der Waals surface area contributed by atoms with Gasteiger partial charge in [-0.15, -0.1) is 11.3 Å². The van der Waals surface area contributed by atoms with Gasteiger partial charge in [-0.1, -0.05) is 6.07 Å². The highest BCUT2D eigenvalue weighted by Crippen LogP contribution is 2.24. The van der Waals surface area contributed by atoms with Gasteiger partial charge in [0.2, 0.25) is 0 Å². The summed E-state index contributed by atoms with van der Waals surface area (Å²) >= 11 is 1.41. The zero-order valence-corrected chi connectivity index (χ0v) is 12.4. The van der Waals surface area contributed by atoms with E-state index in [1.54, 1.807) is 35.7 Å². The lowest BCUT2D eigenvalue weighted by atomic mass is 10.2. The first-order valence-electron chi connectivity index (χ1n) is 6.31. The topological polar surface area (TPSA) is 72.7 Å². The molecule has 1 N–H and O–H groups in total. The van der Waals surface area contributed by atoms with Gasteiger partial charge in [0, 0.05) is 24.8 Å². The Morgan fingerprint density at radius 3 is 3.00 bits per heavy atom. The quantitative estimate of drug-likeness (QED) is 0.806. The number of carbonyl (C=O) groups is 1. The predicted octanol–water partition coefficient (Wildman–Crippen LogP) is 2.50. The van der Waals surface area contributed by atoms with Gasteiger partial charge >= 0.3 is 0 Å². The van der Waals surface area contributed by atoms with Crippen LogP contribution in [0.5, 0.6) is 0 Å². The van der Waals surface area contributed by atoms with E-state index in [4.69, 9.17) is 0 Å². The molecule has 0 radical (unpaired) electrons. The van der Waals surface area contributed by atoms with Gasteiger partial charge in [0.15, 0.2) is 0 Å². The summed E-state index contributed by atoms with van der Waals surface area (Å²) in [6, 6.07) is 3.85. The fraction of sp³-hybridized carbons (Fsp3) is 0.143. The van der Waals surface area contributed by atoms with Gasteiger partial charge < -0.3 is 5.32 Å². The Morgan fingerprint density at radius 1 is 1.43 bits per heavy atom. The van der Waals surface area contributed by atoms with E-state index >= 15 is 0 Å². The standard InChI is InChI=1S/C14H13N5OS/c1-9-4-3-5-15-12(9)14-18-11(8-21-14)13(20)17-10-6-16-19(2)7-10/h3-8H,1-2H3,(H,17,20). The van der Waals surface area contributed by atoms with Crippen LogP contribution in [0.3, 0.4) is 0 Å². The molecular formula is C14H13N5OS. The summed E-state index contributed by atoms with van der Waals surface area (Å²) in [6.45, 7) is 1.97. The average Bonchev–Trinajstić information content (AvgIpc) is 3.09. The van der Waals surface area contributed by atoms with Crippen LogP contribution in [0.25, 0.3) is 10.7 Å². The van der Waals surface area contributed by atoms with Gasteiger partial charge in [0.05, 0.1) is 11.9 Å². The first kappa shape index (κ1) is 13.4. The first-order valence-corrected chi connectivity index (χ1v) is 7.19. The smallest absolute Gasteiger partial charge is 0.275 e. The molecule has 0 aliphatic heterocycles. The molecule has 3 heterocycles. The number of hydrogen-bond donors (Lipinski definition) is 1. The van der Waals surface area contributed by atoms with E-state index in [1.165, 1.54) is 11.3 Å². The zero-order valence-electron chi connectivity index (χ0n) is 11.6. The number of rotatable bonds is 3. The maximum atomic E-state index is 12.1. The van der Waals surface area contributed by atoms with Crippen LogP contribution < -0.4 is 5.32 Å². The molecule has 6 nitrogen and oxygen atoms in total. The van der Waals surface area contributed by atoms with Gasteiger partial charge in [0.25, 0.3) is 5.91 Å². The lowest BCUT2D eigenvalue weighted by Crippen LogP contribution is -2.11. The highest BCUT2D eigenvalue weighted by Gasteiger charge is 2.14. The number of pyridine rings is 1. The van der Waals surface area contributed by atoms with Crippen LogP contribution in [0.4, 0.5) is 5.69 Å². The lowest BCUT2D eigenvalue weighted by molar-refractivity contribution is 0.102. The highest BCUT2D eigenvalue weighted by molar-refractivity contribution is 7.13. The summed E-state index contributed by atoms with van der Waals surface area (Å²) in [5.74, 6) is -0.251. The molecule has 0 saturated heterocycles. The van der Waals surface area contributed by atoms with Crippen molar-refractivity contribution in [2.24, 2.45) is 7.05 Å². The van der Waals surface area contributed by atoms with Crippen LogP contribution in [-0.2, 0) is 7.05 Å². The van der Waals surface area contributed by atoms with E-state index in [0.29, 0.717) is 11.4 Å². The molecule has 0 saturated carbocycles. The molecule has 106 valence electrons. The zero-order chi connectivity index (χ0) is 14.8. The van der Waals surface area contributed by atoms with Crippen molar-refractivity contribution in [1.29, 1.82) is 0 Å². The molecule has 0 unspecified atom stereocenters. The highest BCUT2D eigenvalue weighted by atomic mass is 32.1. The predicted molar refractivity (Wildman–Crippen MR) is 81.2 cm³/mol. The van der Waals surface area contributed by atoms with E-state index in [2.05, 4.69) is 20.4 Å². The molecule has 3 rings (SSSR count). The van der Waals surface area contributed by atoms with Crippen LogP contribution in [-0.4, -0.2) is 25.7 Å². The molecule has 0 aromatic carbocycles. The second kappa shape index (κ2) is 5.45. The van der Waals surface area contributed by atoms with E-state index in [-0.39, 0.29) is 5.91 Å². The average molecular weight is 299 g/mol. The third-order valence-electron chi connectivity index (χ3n) is 2.91. The number of aryl methyl sites for hydroxylation is 2. The van der Waals surface area contributed by atoms with Gasteiger partial charge in [-0.05, 0) is 18.6 Å². The van der Waals surface area contributed by atoms with Crippen LogP contribution >= 0.6 is 11.3 Å². The summed E-state index contributed by atoms with van der Waals surface area (Å²) < 4.78 is 1.62. The number of carbonyl (C=O) groups excluding carboxylic acids is 1. The van der Waals surface area contributed by atoms with Crippen LogP contribution in [0.1, 0.15) is 16.1 Å². The van der Waals surface area contributed by atoms with Gasteiger partial charge in [-0.25, -0.2) is 4.98 Å². The monoisotopic (exact) mass is 299 g/mol. The maximum Gasteiger partial charge on any atom is 0.275 e. The molecule has 21 heavy (non-hydrogen) atoms. The molecule has 1 amide bonds. The summed E-state index contributed by atoms with van der Waals surface area (Å²) in [5, 5.41) is 9.23. The summed E-state index contributed by atoms with van der Waals surface area (Å²) in [4.78, 5) is 20.8. The van der Waals surface area contributed by atoms with Crippen molar-refractivity contribution in [1.82, 2.24) is 19.7 Å². The van der Waals surface area contributed by atoms with Crippen molar-refractivity contribution >= 4 is 22.9 Å². The molecular weight excluding hydrogens is 286 g/mol. The molecule has 0 bridgehead atoms. The first-order chi connectivity index (χ1) is 10.1. The van der Waals surface area contributed by atoms with Gasteiger partial charge in [0.1, 0.15) is 16.4 Å². The van der Waals surface area contributed by atoms with Crippen molar-refractivity contribution < 1.29 is 4.79 Å². The SMILES string of the molecule is Cc1cccnc1-c1nc(C(=O)Nc2cnn(C)c2)cs1. The maximum absolute atomic E-state index is 12.1. The third kappa shape index (κ3) is 2.82. The normalized spacial score (nSPS) is 10.6. The van der Waals surface area contributed by atoms with E-state index in [1.807, 2.05) is 19.1 Å². The fourth-order valence-corrected chi connectivity index (χ4v) is 2.74. The third-order valence-corrected chi connectivity index (χ3v) is 3.76. The number of hydrogen-bond acceptors (Lipinski definition) is 5. The van der Waals surface area contributed by atoms with Crippen molar-refractivity contribution in [3.8, 4) is 10.7 Å². The molecule has 0 spiro atoms. The molecule has 0 fully saturated rings. The Balaban J connectivity index is 1.82. The molecule has 3 aromatic heterocycles. The summed E-state index contributed by atoms with van der Waals surface area (Å²) in [7, 11) is 1.79. The Labute approximate surface area is 125 Å². The molecule has 0 aliphatic rings. The Morgan fingerprint density at radius 2 is 2.29 bits per heavy atom. The second-order valence-electron chi connectivity index (χ2n) is 4.56. The van der Waals surface area contributed by atoms with E-state index < -0.39 is 0 Å². The van der Waals surface area contributed by atoms with E-state index in [0.717, 1.165) is 16.3 Å². The lowest BCUT2D eigenvalue weighted by Gasteiger charge is -2.00. The van der Waals surface area contributed by atoms with Gasteiger partial charge in [-0.3, -0.25) is 14.5 Å². The minimum atomic E-state index is -0.251. The van der Waals surface area contributed by atoms with Crippen molar-refractivity contribution in [3.63, 3.8) is 0 Å². The summed E-state index contributed by atoms with van der Waals surface area (Å²) in [5.41, 5.74) is 2.86. The Kier molecular flexibility index (Phi) is 3.49. The molecule has 3 aromatic rings. The Bertz CT molecular complexity index is 792. The number of anilines is 1. The number of thiazole rings is 1. The second-order valence-corrected chi connectivity index (χ2v) is 5.42. The van der Waals surface area contributed by atoms with Gasteiger partial charge in [-0.2, -0.15) is 5.10 Å². The number of nitrogens with one attached hydrogen (secondary N) is 1. The van der Waals surface area contributed by atoms with Crippen LogP contribution in [0, 0.1) is 6.92 Å². The number of nitrogens with zero attached hydrogens (tertiary/aromatic N) is 4. The largest absolute Gasteiger partial charge is 0.318 e. The molecule has 0 aliphatic carbocycles. The van der Waals surface area contributed by atoms with Crippen LogP contribution in [0.2, 0.25) is 0 Å². The Hall–Kier alpha value is -2.54. The minimum Gasteiger partial charge on any atom is -0.318 e. The molecule has 0 atom stereocenters. The summed E-state index contributed by atoms with van der Waals surface area (Å²) in [6.07, 6.45) is 5.04. The number of amides is 1.